The number of aliphatic imine (C=N–C) groups is 2. The van der Waals surface area contributed by atoms with Crippen LogP contribution >= 0.6 is 0 Å². The molecule has 2 aliphatic heterocycles. The van der Waals surface area contributed by atoms with Gasteiger partial charge in [0.2, 0.25) is 0 Å². The van der Waals surface area contributed by atoms with Gasteiger partial charge in [0.15, 0.2) is 0 Å². The van der Waals surface area contributed by atoms with Crippen LogP contribution in [0.3, 0.4) is 0 Å². The number of nitrogens with one attached hydrogen (secondary N) is 3. The minimum Gasteiger partial charge on any atom is -0.497 e. The molecular weight excluding hydrogens is 550 g/mol. The standard InChI is InChI=1S/C36H33N5O3/c1-43-22-4-6-24-26-9-11-37-33(35(26)40-31(24)16-22)14-21(29-18-39-30-8-3-20(19-42)13-28(29)30)15-34-36-27(10-12-38-34)25-7-5-23(44-2)17-32(25)41-36/h3-8,13,16-19,21,39-41H,9-12,14-15H2,1-2H3. The predicted octanol–water partition coefficient (Wildman–Crippen LogP) is 6.91. The van der Waals surface area contributed by atoms with E-state index in [4.69, 9.17) is 19.5 Å². The smallest absolute Gasteiger partial charge is 0.150 e. The van der Waals surface area contributed by atoms with Gasteiger partial charge in [0, 0.05) is 69.7 Å². The van der Waals surface area contributed by atoms with Crippen molar-refractivity contribution in [2.45, 2.75) is 31.6 Å². The summed E-state index contributed by atoms with van der Waals surface area (Å²) >= 11 is 0. The van der Waals surface area contributed by atoms with Crippen molar-refractivity contribution in [3.63, 3.8) is 0 Å². The van der Waals surface area contributed by atoms with Gasteiger partial charge in [-0.05, 0) is 90.8 Å². The van der Waals surface area contributed by atoms with Crippen molar-refractivity contribution in [1.29, 1.82) is 0 Å². The Morgan fingerprint density at radius 2 is 1.34 bits per heavy atom. The summed E-state index contributed by atoms with van der Waals surface area (Å²) < 4.78 is 11.0. The lowest BCUT2D eigenvalue weighted by Crippen LogP contribution is -2.20. The van der Waals surface area contributed by atoms with Gasteiger partial charge in [-0.3, -0.25) is 14.8 Å². The number of hydrogen-bond acceptors (Lipinski definition) is 5. The molecular formula is C36H33N5O3. The molecule has 0 bridgehead atoms. The first-order chi connectivity index (χ1) is 21.6. The third kappa shape index (κ3) is 4.32. The van der Waals surface area contributed by atoms with E-state index in [-0.39, 0.29) is 5.92 Å². The van der Waals surface area contributed by atoms with Crippen molar-refractivity contribution in [3.8, 4) is 11.5 Å². The Kier molecular flexibility index (Phi) is 6.36. The van der Waals surface area contributed by atoms with E-state index in [1.807, 2.05) is 30.3 Å². The number of aromatic nitrogens is 3. The summed E-state index contributed by atoms with van der Waals surface area (Å²) in [5.41, 5.74) is 12.0. The van der Waals surface area contributed by atoms with Gasteiger partial charge >= 0.3 is 0 Å². The van der Waals surface area contributed by atoms with Crippen LogP contribution in [0.4, 0.5) is 0 Å². The average molecular weight is 584 g/mol. The summed E-state index contributed by atoms with van der Waals surface area (Å²) in [6, 6.07) is 18.3. The van der Waals surface area contributed by atoms with Crippen LogP contribution in [-0.4, -0.2) is 60.0 Å². The minimum absolute atomic E-state index is 0.0712. The SMILES string of the molecule is COc1ccc2c3c([nH]c2c1)C(CC(CC1=NCCc2c1[nH]c1cc(OC)ccc21)c1c[nH]c2ccc(C=O)cc12)=NCC3. The second-order valence-electron chi connectivity index (χ2n) is 11.7. The quantitative estimate of drug-likeness (QED) is 0.169. The number of fused-ring (bicyclic) bond motifs is 7. The first kappa shape index (κ1) is 26.5. The number of carbonyl (C=O) groups is 1. The highest BCUT2D eigenvalue weighted by molar-refractivity contribution is 6.09. The number of ether oxygens (including phenoxy) is 2. The van der Waals surface area contributed by atoms with Crippen LogP contribution in [0.15, 0.2) is 70.8 Å². The van der Waals surface area contributed by atoms with E-state index in [9.17, 15) is 4.79 Å². The second-order valence-corrected chi connectivity index (χ2v) is 11.7. The molecule has 6 aromatic rings. The number of methoxy groups -OCH3 is 2. The van der Waals surface area contributed by atoms with Crippen LogP contribution in [0.1, 0.15) is 57.2 Å². The Morgan fingerprint density at radius 3 is 1.89 bits per heavy atom. The van der Waals surface area contributed by atoms with Gasteiger partial charge in [0.1, 0.15) is 17.8 Å². The highest BCUT2D eigenvalue weighted by Gasteiger charge is 2.29. The van der Waals surface area contributed by atoms with Crippen molar-refractivity contribution in [3.05, 3.63) is 94.4 Å². The van der Waals surface area contributed by atoms with Crippen LogP contribution in [0.25, 0.3) is 32.7 Å². The number of benzene rings is 3. The third-order valence-corrected chi connectivity index (χ3v) is 9.33. The fraction of sp³-hybridized carbons (Fsp3) is 0.250. The molecule has 3 aromatic heterocycles. The number of H-pyrrole nitrogens is 3. The largest absolute Gasteiger partial charge is 0.497 e. The molecule has 8 nitrogen and oxygen atoms in total. The molecule has 44 heavy (non-hydrogen) atoms. The Morgan fingerprint density at radius 1 is 0.750 bits per heavy atom. The lowest BCUT2D eigenvalue weighted by atomic mass is 9.84. The molecule has 3 N–H and O–H groups in total. The molecule has 220 valence electrons. The van der Waals surface area contributed by atoms with Gasteiger partial charge in [0.25, 0.3) is 0 Å². The topological polar surface area (TPSA) is 108 Å². The molecule has 8 heteroatoms. The Bertz CT molecular complexity index is 2030. The van der Waals surface area contributed by atoms with E-state index in [1.54, 1.807) is 14.2 Å². The number of hydrogen-bond donors (Lipinski definition) is 3. The lowest BCUT2D eigenvalue weighted by molar-refractivity contribution is 0.112. The maximum Gasteiger partial charge on any atom is 0.150 e. The number of aldehydes is 1. The summed E-state index contributed by atoms with van der Waals surface area (Å²) in [5.74, 6) is 1.74. The van der Waals surface area contributed by atoms with Gasteiger partial charge in [0.05, 0.1) is 37.0 Å². The summed E-state index contributed by atoms with van der Waals surface area (Å²) in [4.78, 5) is 32.8. The van der Waals surface area contributed by atoms with Crippen LogP contribution in [-0.2, 0) is 12.8 Å². The Hall–Kier alpha value is -5.11. The van der Waals surface area contributed by atoms with E-state index in [2.05, 4.69) is 45.4 Å². The Balaban J connectivity index is 1.22. The molecule has 0 fully saturated rings. The maximum atomic E-state index is 11.7. The van der Waals surface area contributed by atoms with Crippen molar-refractivity contribution in [2.24, 2.45) is 9.98 Å². The molecule has 0 amide bonds. The molecule has 0 saturated heterocycles. The summed E-state index contributed by atoms with van der Waals surface area (Å²) in [6.45, 7) is 1.51. The van der Waals surface area contributed by atoms with Gasteiger partial charge in [-0.2, -0.15) is 0 Å². The zero-order valence-electron chi connectivity index (χ0n) is 24.8. The molecule has 0 atom stereocenters. The van der Waals surface area contributed by atoms with Crippen molar-refractivity contribution in [2.75, 3.05) is 27.3 Å². The van der Waals surface area contributed by atoms with Gasteiger partial charge in [-0.25, -0.2) is 0 Å². The first-order valence-corrected chi connectivity index (χ1v) is 15.1. The lowest BCUT2D eigenvalue weighted by Gasteiger charge is -2.23. The van der Waals surface area contributed by atoms with E-state index in [0.29, 0.717) is 5.56 Å². The molecule has 0 saturated carbocycles. The van der Waals surface area contributed by atoms with E-state index < -0.39 is 0 Å². The predicted molar refractivity (Wildman–Crippen MR) is 176 cm³/mol. The third-order valence-electron chi connectivity index (χ3n) is 9.33. The van der Waals surface area contributed by atoms with E-state index in [0.717, 1.165) is 101 Å². The van der Waals surface area contributed by atoms with Gasteiger partial charge in [-0.1, -0.05) is 0 Å². The summed E-state index contributed by atoms with van der Waals surface area (Å²) in [7, 11) is 3.39. The zero-order valence-corrected chi connectivity index (χ0v) is 24.8. The molecule has 8 rings (SSSR count). The van der Waals surface area contributed by atoms with Crippen LogP contribution in [0.5, 0.6) is 11.5 Å². The number of nitrogens with zero attached hydrogens (tertiary/aromatic N) is 2. The molecule has 0 aliphatic carbocycles. The fourth-order valence-corrected chi connectivity index (χ4v) is 7.16. The van der Waals surface area contributed by atoms with Crippen LogP contribution < -0.4 is 9.47 Å². The van der Waals surface area contributed by atoms with Crippen molar-refractivity contribution >= 4 is 50.4 Å². The van der Waals surface area contributed by atoms with E-state index in [1.165, 1.54) is 27.5 Å². The fourth-order valence-electron chi connectivity index (χ4n) is 7.16. The van der Waals surface area contributed by atoms with Crippen molar-refractivity contribution < 1.29 is 14.3 Å². The van der Waals surface area contributed by atoms with Crippen molar-refractivity contribution in [1.82, 2.24) is 15.0 Å². The highest BCUT2D eigenvalue weighted by atomic mass is 16.5. The molecule has 0 unspecified atom stereocenters. The number of carbonyl (C=O) groups excluding carboxylic acids is 1. The molecule has 5 heterocycles. The number of aromatic amines is 3. The second kappa shape index (κ2) is 10.6. The maximum absolute atomic E-state index is 11.7. The van der Waals surface area contributed by atoms with Gasteiger partial charge < -0.3 is 24.4 Å². The normalized spacial score (nSPS) is 14.5. The summed E-state index contributed by atoms with van der Waals surface area (Å²) in [5, 5.41) is 3.51. The summed E-state index contributed by atoms with van der Waals surface area (Å²) in [6.07, 6.45) is 6.29. The average Bonchev–Trinajstić information content (AvgIpc) is 3.77. The monoisotopic (exact) mass is 583 g/mol. The minimum atomic E-state index is 0.0712. The van der Waals surface area contributed by atoms with E-state index >= 15 is 0 Å². The van der Waals surface area contributed by atoms with Crippen LogP contribution in [0, 0.1) is 0 Å². The number of rotatable bonds is 8. The zero-order chi connectivity index (χ0) is 29.8. The first-order valence-electron chi connectivity index (χ1n) is 15.1. The van der Waals surface area contributed by atoms with Crippen LogP contribution in [0.2, 0.25) is 0 Å². The molecule has 0 radical (unpaired) electrons. The Labute approximate surface area is 254 Å². The molecule has 2 aliphatic rings. The highest BCUT2D eigenvalue weighted by Crippen LogP contribution is 2.38. The molecule has 0 spiro atoms. The molecule has 3 aromatic carbocycles. The van der Waals surface area contributed by atoms with Gasteiger partial charge in [-0.15, -0.1) is 0 Å².